The van der Waals surface area contributed by atoms with Crippen molar-refractivity contribution in [3.63, 3.8) is 0 Å². The van der Waals surface area contributed by atoms with Crippen molar-refractivity contribution in [2.75, 3.05) is 20.3 Å². The number of ether oxygens (including phenoxy) is 1. The molecule has 0 radical (unpaired) electrons. The highest BCUT2D eigenvalue weighted by Crippen LogP contribution is 2.40. The summed E-state index contributed by atoms with van der Waals surface area (Å²) in [4.78, 5) is 12.0. The highest BCUT2D eigenvalue weighted by molar-refractivity contribution is 6.33. The molecular formula is C14H17ClFNO2. The Morgan fingerprint density at radius 3 is 2.79 bits per heavy atom. The van der Waals surface area contributed by atoms with Crippen molar-refractivity contribution in [3.05, 3.63) is 34.6 Å². The molecule has 0 spiro atoms. The lowest BCUT2D eigenvalue weighted by molar-refractivity contribution is 0.0180. The molecule has 0 unspecified atom stereocenters. The number of rotatable bonds is 5. The van der Waals surface area contributed by atoms with Gasteiger partial charge >= 0.3 is 0 Å². The van der Waals surface area contributed by atoms with Crippen molar-refractivity contribution in [2.24, 2.45) is 5.41 Å². The molecule has 104 valence electrons. The van der Waals surface area contributed by atoms with E-state index in [9.17, 15) is 9.18 Å². The lowest BCUT2D eigenvalue weighted by atomic mass is 9.69. The normalized spacial score (nSPS) is 16.8. The van der Waals surface area contributed by atoms with Crippen LogP contribution in [0.3, 0.4) is 0 Å². The van der Waals surface area contributed by atoms with Crippen molar-refractivity contribution in [3.8, 4) is 0 Å². The van der Waals surface area contributed by atoms with Crippen molar-refractivity contribution in [1.29, 1.82) is 0 Å². The minimum absolute atomic E-state index is 0.0525. The molecule has 0 saturated heterocycles. The first-order chi connectivity index (χ1) is 9.06. The summed E-state index contributed by atoms with van der Waals surface area (Å²) < 4.78 is 18.1. The number of carbonyl (C=O) groups is 1. The number of hydrogen-bond donors (Lipinski definition) is 1. The maximum absolute atomic E-state index is 12.9. The number of nitrogens with one attached hydrogen (secondary N) is 1. The Balaban J connectivity index is 1.97. The fourth-order valence-electron chi connectivity index (χ4n) is 2.39. The van der Waals surface area contributed by atoms with Crippen LogP contribution in [0.15, 0.2) is 18.2 Å². The van der Waals surface area contributed by atoms with E-state index in [1.165, 1.54) is 12.1 Å². The van der Waals surface area contributed by atoms with Crippen LogP contribution in [0.2, 0.25) is 5.02 Å². The van der Waals surface area contributed by atoms with Crippen molar-refractivity contribution in [2.45, 2.75) is 19.3 Å². The molecule has 3 nitrogen and oxygen atoms in total. The van der Waals surface area contributed by atoms with Gasteiger partial charge in [-0.15, -0.1) is 0 Å². The summed E-state index contributed by atoms with van der Waals surface area (Å²) in [7, 11) is 1.67. The first-order valence-corrected chi connectivity index (χ1v) is 6.66. The van der Waals surface area contributed by atoms with Crippen LogP contribution in [0.1, 0.15) is 29.6 Å². The van der Waals surface area contributed by atoms with E-state index in [0.717, 1.165) is 25.3 Å². The Kier molecular flexibility index (Phi) is 4.42. The average Bonchev–Trinajstić information content (AvgIpc) is 2.32. The molecule has 5 heteroatoms. The first kappa shape index (κ1) is 14.3. The second-order valence-corrected chi connectivity index (χ2v) is 5.50. The van der Waals surface area contributed by atoms with E-state index in [-0.39, 0.29) is 16.3 Å². The fraction of sp³-hybridized carbons (Fsp3) is 0.500. The molecule has 1 aliphatic carbocycles. The predicted molar refractivity (Wildman–Crippen MR) is 71.9 cm³/mol. The summed E-state index contributed by atoms with van der Waals surface area (Å²) in [6.45, 7) is 1.21. The number of halogens is 2. The van der Waals surface area contributed by atoms with Gasteiger partial charge in [-0.25, -0.2) is 4.39 Å². The van der Waals surface area contributed by atoms with Crippen LogP contribution < -0.4 is 5.32 Å². The molecule has 1 amide bonds. The van der Waals surface area contributed by atoms with Crippen LogP contribution in [-0.2, 0) is 4.74 Å². The fourth-order valence-corrected chi connectivity index (χ4v) is 2.64. The van der Waals surface area contributed by atoms with E-state index in [0.29, 0.717) is 18.7 Å². The number of amides is 1. The van der Waals surface area contributed by atoms with Crippen LogP contribution in [0.4, 0.5) is 4.39 Å². The molecule has 1 aromatic rings. The van der Waals surface area contributed by atoms with Gasteiger partial charge in [-0.05, 0) is 31.0 Å². The van der Waals surface area contributed by atoms with Gasteiger partial charge < -0.3 is 10.1 Å². The minimum Gasteiger partial charge on any atom is -0.384 e. The van der Waals surface area contributed by atoms with Crippen LogP contribution in [0, 0.1) is 11.2 Å². The summed E-state index contributed by atoms with van der Waals surface area (Å²) in [5.41, 5.74) is 0.353. The first-order valence-electron chi connectivity index (χ1n) is 6.28. The van der Waals surface area contributed by atoms with Crippen LogP contribution in [0.5, 0.6) is 0 Å². The summed E-state index contributed by atoms with van der Waals surface area (Å²) in [5, 5.41) is 2.99. The van der Waals surface area contributed by atoms with E-state index < -0.39 is 5.82 Å². The molecule has 1 saturated carbocycles. The number of benzene rings is 1. The Bertz CT molecular complexity index is 475. The van der Waals surface area contributed by atoms with Gasteiger partial charge in [-0.2, -0.15) is 0 Å². The van der Waals surface area contributed by atoms with E-state index >= 15 is 0 Å². The number of carbonyl (C=O) groups excluding carboxylic acids is 1. The van der Waals surface area contributed by atoms with Gasteiger partial charge in [0, 0.05) is 19.1 Å². The van der Waals surface area contributed by atoms with Crippen molar-refractivity contribution >= 4 is 17.5 Å². The third kappa shape index (κ3) is 3.25. The molecule has 2 rings (SSSR count). The molecule has 1 aliphatic rings. The van der Waals surface area contributed by atoms with Crippen molar-refractivity contribution in [1.82, 2.24) is 5.32 Å². The Morgan fingerprint density at radius 1 is 1.53 bits per heavy atom. The van der Waals surface area contributed by atoms with Gasteiger partial charge in [0.25, 0.3) is 5.91 Å². The smallest absolute Gasteiger partial charge is 0.252 e. The molecule has 1 aromatic carbocycles. The standard InChI is InChI=1S/C14H17ClFNO2/c1-19-9-14(5-2-6-14)8-17-13(18)11-4-3-10(16)7-12(11)15/h3-4,7H,2,5-6,8-9H2,1H3,(H,17,18). The highest BCUT2D eigenvalue weighted by atomic mass is 35.5. The van der Waals surface area contributed by atoms with E-state index in [4.69, 9.17) is 16.3 Å². The topological polar surface area (TPSA) is 38.3 Å². The Labute approximate surface area is 117 Å². The molecule has 0 aromatic heterocycles. The lowest BCUT2D eigenvalue weighted by Gasteiger charge is -2.41. The second kappa shape index (κ2) is 5.88. The Morgan fingerprint density at radius 2 is 2.26 bits per heavy atom. The van der Waals surface area contributed by atoms with Crippen molar-refractivity contribution < 1.29 is 13.9 Å². The van der Waals surface area contributed by atoms with Gasteiger partial charge in [-0.1, -0.05) is 18.0 Å². The molecule has 0 bridgehead atoms. The highest BCUT2D eigenvalue weighted by Gasteiger charge is 2.37. The van der Waals surface area contributed by atoms with Crippen LogP contribution in [-0.4, -0.2) is 26.2 Å². The summed E-state index contributed by atoms with van der Waals surface area (Å²) in [6, 6.07) is 3.77. The third-order valence-electron chi connectivity index (χ3n) is 3.66. The quantitative estimate of drug-likeness (QED) is 0.903. The minimum atomic E-state index is -0.448. The molecule has 0 aliphatic heterocycles. The van der Waals surface area contributed by atoms with E-state index in [1.54, 1.807) is 7.11 Å². The molecule has 1 N–H and O–H groups in total. The summed E-state index contributed by atoms with van der Waals surface area (Å²) >= 11 is 5.86. The zero-order valence-electron chi connectivity index (χ0n) is 10.8. The predicted octanol–water partition coefficient (Wildman–Crippen LogP) is 3.03. The van der Waals surface area contributed by atoms with Gasteiger partial charge in [0.1, 0.15) is 5.82 Å². The third-order valence-corrected chi connectivity index (χ3v) is 3.98. The number of methoxy groups -OCH3 is 1. The van der Waals surface area contributed by atoms with Gasteiger partial charge in [-0.3, -0.25) is 4.79 Å². The van der Waals surface area contributed by atoms with Gasteiger partial charge in [0.15, 0.2) is 0 Å². The molecular weight excluding hydrogens is 269 g/mol. The lowest BCUT2D eigenvalue weighted by Crippen LogP contribution is -2.45. The maximum Gasteiger partial charge on any atom is 0.252 e. The summed E-state index contributed by atoms with van der Waals surface area (Å²) in [6.07, 6.45) is 3.27. The van der Waals surface area contributed by atoms with Crippen LogP contribution in [0.25, 0.3) is 0 Å². The molecule has 19 heavy (non-hydrogen) atoms. The van der Waals surface area contributed by atoms with Crippen LogP contribution >= 0.6 is 11.6 Å². The molecule has 0 atom stereocenters. The summed E-state index contributed by atoms with van der Waals surface area (Å²) in [5.74, 6) is -0.719. The maximum atomic E-state index is 12.9. The van der Waals surface area contributed by atoms with E-state index in [2.05, 4.69) is 5.32 Å². The average molecular weight is 286 g/mol. The van der Waals surface area contributed by atoms with E-state index in [1.807, 2.05) is 0 Å². The molecule has 1 fully saturated rings. The Hall–Kier alpha value is -1.13. The largest absolute Gasteiger partial charge is 0.384 e. The molecule has 0 heterocycles. The van der Waals surface area contributed by atoms with Gasteiger partial charge in [0.05, 0.1) is 17.2 Å². The monoisotopic (exact) mass is 285 g/mol. The van der Waals surface area contributed by atoms with Gasteiger partial charge in [0.2, 0.25) is 0 Å². The second-order valence-electron chi connectivity index (χ2n) is 5.09. The zero-order chi connectivity index (χ0) is 13.9. The zero-order valence-corrected chi connectivity index (χ0v) is 11.6. The SMILES string of the molecule is COCC1(CNC(=O)c2ccc(F)cc2Cl)CCC1. The number of hydrogen-bond acceptors (Lipinski definition) is 2.